The van der Waals surface area contributed by atoms with E-state index < -0.39 is 17.5 Å². The molecule has 2 amide bonds. The summed E-state index contributed by atoms with van der Waals surface area (Å²) in [7, 11) is 1.37. The first-order valence-electron chi connectivity index (χ1n) is 5.71. The fourth-order valence-corrected chi connectivity index (χ4v) is 1.47. The van der Waals surface area contributed by atoms with Crippen molar-refractivity contribution in [1.29, 1.82) is 0 Å². The maximum absolute atomic E-state index is 13.4. The van der Waals surface area contributed by atoms with Crippen LogP contribution in [0.3, 0.4) is 0 Å². The third kappa shape index (κ3) is 3.90. The summed E-state index contributed by atoms with van der Waals surface area (Å²) in [6.45, 7) is 1.93. The average Bonchev–Trinajstić information content (AvgIpc) is 2.36. The van der Waals surface area contributed by atoms with Gasteiger partial charge in [0.25, 0.3) is 5.91 Å². The highest BCUT2D eigenvalue weighted by Gasteiger charge is 2.14. The number of carbonyl (C=O) groups excluding carboxylic acids is 2. The van der Waals surface area contributed by atoms with Crippen molar-refractivity contribution in [3.63, 3.8) is 0 Å². The first-order chi connectivity index (χ1) is 8.99. The fourth-order valence-electron chi connectivity index (χ4n) is 1.47. The molecule has 1 rings (SSSR count). The Morgan fingerprint density at radius 2 is 1.74 bits per heavy atom. The molecule has 104 valence electrons. The van der Waals surface area contributed by atoms with Crippen molar-refractivity contribution in [2.24, 2.45) is 0 Å². The van der Waals surface area contributed by atoms with Gasteiger partial charge in [-0.15, -0.1) is 0 Å². The Morgan fingerprint density at radius 3 is 2.21 bits per heavy atom. The third-order valence-electron chi connectivity index (χ3n) is 2.34. The summed E-state index contributed by atoms with van der Waals surface area (Å²) in [5.74, 6) is -2.83. The van der Waals surface area contributed by atoms with Crippen LogP contribution in [0.2, 0.25) is 0 Å². The molecule has 0 aliphatic rings. The fraction of sp³-hybridized carbons (Fsp3) is 0.333. The number of carbonyl (C=O) groups is 2. The number of halogens is 2. The van der Waals surface area contributed by atoms with Gasteiger partial charge in [0, 0.05) is 19.2 Å². The van der Waals surface area contributed by atoms with Gasteiger partial charge < -0.3 is 16.0 Å². The van der Waals surface area contributed by atoms with Gasteiger partial charge in [-0.2, -0.15) is 0 Å². The van der Waals surface area contributed by atoms with Crippen LogP contribution in [0.5, 0.6) is 0 Å². The monoisotopic (exact) mass is 271 g/mol. The minimum Gasteiger partial charge on any atom is -0.383 e. The second-order valence-electron chi connectivity index (χ2n) is 3.70. The van der Waals surface area contributed by atoms with Crippen molar-refractivity contribution in [3.8, 4) is 0 Å². The predicted octanol–water partition coefficient (Wildman–Crippen LogP) is 0.872. The lowest BCUT2D eigenvalue weighted by Gasteiger charge is -2.08. The molecule has 0 atom stereocenters. The number of likely N-dealkylation sites (N-methyl/N-ethyl adjacent to an activating group) is 1. The second-order valence-corrected chi connectivity index (χ2v) is 3.70. The van der Waals surface area contributed by atoms with Crippen molar-refractivity contribution in [1.82, 2.24) is 10.6 Å². The van der Waals surface area contributed by atoms with Crippen LogP contribution in [-0.4, -0.2) is 32.0 Å². The number of benzene rings is 1. The second kappa shape index (κ2) is 6.67. The van der Waals surface area contributed by atoms with Crippen LogP contribution < -0.4 is 16.0 Å². The summed E-state index contributed by atoms with van der Waals surface area (Å²) in [5.41, 5.74) is -0.487. The van der Waals surface area contributed by atoms with E-state index in [0.29, 0.717) is 6.54 Å². The summed E-state index contributed by atoms with van der Waals surface area (Å²) in [5, 5.41) is 7.10. The molecule has 0 aromatic heterocycles. The van der Waals surface area contributed by atoms with Crippen molar-refractivity contribution < 1.29 is 18.4 Å². The van der Waals surface area contributed by atoms with Crippen LogP contribution >= 0.6 is 0 Å². The zero-order chi connectivity index (χ0) is 14.4. The molecule has 0 aliphatic heterocycles. The molecule has 0 fully saturated rings. The molecule has 3 N–H and O–H groups in total. The van der Waals surface area contributed by atoms with Crippen LogP contribution in [0.25, 0.3) is 0 Å². The maximum Gasteiger partial charge on any atom is 0.251 e. The smallest absolute Gasteiger partial charge is 0.251 e. The highest BCUT2D eigenvalue weighted by molar-refractivity contribution is 5.96. The topological polar surface area (TPSA) is 70.2 Å². The van der Waals surface area contributed by atoms with Crippen LogP contribution in [0, 0.1) is 11.6 Å². The Labute approximate surface area is 109 Å². The van der Waals surface area contributed by atoms with E-state index in [4.69, 9.17) is 0 Å². The Kier molecular flexibility index (Phi) is 5.23. The van der Waals surface area contributed by atoms with E-state index in [1.54, 1.807) is 6.92 Å². The van der Waals surface area contributed by atoms with E-state index in [1.165, 1.54) is 7.05 Å². The minimum absolute atomic E-state index is 0.182. The van der Waals surface area contributed by atoms with Crippen molar-refractivity contribution in [3.05, 3.63) is 29.3 Å². The van der Waals surface area contributed by atoms with Gasteiger partial charge in [0.2, 0.25) is 5.91 Å². The zero-order valence-electron chi connectivity index (χ0n) is 10.6. The summed E-state index contributed by atoms with van der Waals surface area (Å²) in [6.07, 6.45) is 0. The molecule has 0 aliphatic carbocycles. The van der Waals surface area contributed by atoms with E-state index in [0.717, 1.165) is 12.1 Å². The van der Waals surface area contributed by atoms with Gasteiger partial charge in [-0.1, -0.05) is 0 Å². The highest BCUT2D eigenvalue weighted by Crippen LogP contribution is 2.19. The Morgan fingerprint density at radius 1 is 1.16 bits per heavy atom. The molecule has 0 unspecified atom stereocenters. The number of nitrogens with one attached hydrogen (secondary N) is 3. The van der Waals surface area contributed by atoms with E-state index in [9.17, 15) is 18.4 Å². The number of anilines is 1. The molecule has 0 heterocycles. The first kappa shape index (κ1) is 14.9. The number of hydrogen-bond acceptors (Lipinski definition) is 3. The van der Waals surface area contributed by atoms with Gasteiger partial charge in [-0.3, -0.25) is 9.59 Å². The van der Waals surface area contributed by atoms with Gasteiger partial charge in [-0.05, 0) is 19.1 Å². The molecule has 0 bridgehead atoms. The Hall–Kier alpha value is -2.18. The first-order valence-corrected chi connectivity index (χ1v) is 5.71. The minimum atomic E-state index is -0.870. The SMILES string of the molecule is CCNC(=O)CNC(=O)c1cc(F)c(NC)c(F)c1. The molecule has 5 nitrogen and oxygen atoms in total. The Balaban J connectivity index is 2.75. The van der Waals surface area contributed by atoms with Crippen LogP contribution in [0.4, 0.5) is 14.5 Å². The average molecular weight is 271 g/mol. The summed E-state index contributed by atoms with van der Waals surface area (Å²) in [4.78, 5) is 22.7. The van der Waals surface area contributed by atoms with Crippen LogP contribution in [-0.2, 0) is 4.79 Å². The zero-order valence-corrected chi connectivity index (χ0v) is 10.6. The number of amides is 2. The van der Waals surface area contributed by atoms with E-state index in [1.807, 2.05) is 0 Å². The lowest BCUT2D eigenvalue weighted by Crippen LogP contribution is -2.36. The molecule has 0 spiro atoms. The maximum atomic E-state index is 13.4. The lowest BCUT2D eigenvalue weighted by atomic mass is 10.1. The van der Waals surface area contributed by atoms with Gasteiger partial charge in [0.05, 0.1) is 6.54 Å². The standard InChI is InChI=1S/C12H15F2N3O2/c1-3-16-10(18)6-17-12(19)7-4-8(13)11(15-2)9(14)5-7/h4-5,15H,3,6H2,1-2H3,(H,16,18)(H,17,19). The molecule has 0 radical (unpaired) electrons. The lowest BCUT2D eigenvalue weighted by molar-refractivity contribution is -0.120. The number of hydrogen-bond donors (Lipinski definition) is 3. The summed E-state index contributed by atoms with van der Waals surface area (Å²) >= 11 is 0. The van der Waals surface area contributed by atoms with Crippen LogP contribution in [0.1, 0.15) is 17.3 Å². The molecule has 1 aromatic rings. The molecule has 19 heavy (non-hydrogen) atoms. The van der Waals surface area contributed by atoms with Gasteiger partial charge in [-0.25, -0.2) is 8.78 Å². The van der Waals surface area contributed by atoms with Crippen LogP contribution in [0.15, 0.2) is 12.1 Å². The van der Waals surface area contributed by atoms with Gasteiger partial charge >= 0.3 is 0 Å². The molecule has 1 aromatic carbocycles. The van der Waals surface area contributed by atoms with Crippen molar-refractivity contribution >= 4 is 17.5 Å². The summed E-state index contributed by atoms with van der Waals surface area (Å²) in [6, 6.07) is 1.81. The molecular formula is C12H15F2N3O2. The van der Waals surface area contributed by atoms with E-state index in [-0.39, 0.29) is 23.7 Å². The predicted molar refractivity (Wildman–Crippen MR) is 66.9 cm³/mol. The van der Waals surface area contributed by atoms with Crippen molar-refractivity contribution in [2.75, 3.05) is 25.5 Å². The molecular weight excluding hydrogens is 256 g/mol. The normalized spacial score (nSPS) is 9.89. The molecule has 0 saturated carbocycles. The van der Waals surface area contributed by atoms with Gasteiger partial charge in [0.15, 0.2) is 0 Å². The third-order valence-corrected chi connectivity index (χ3v) is 2.34. The Bertz CT molecular complexity index is 469. The molecule has 0 saturated heterocycles. The van der Waals surface area contributed by atoms with Crippen molar-refractivity contribution in [2.45, 2.75) is 6.92 Å². The van der Waals surface area contributed by atoms with Gasteiger partial charge in [0.1, 0.15) is 17.3 Å². The largest absolute Gasteiger partial charge is 0.383 e. The quantitative estimate of drug-likeness (QED) is 0.744. The number of rotatable bonds is 5. The van der Waals surface area contributed by atoms with E-state index in [2.05, 4.69) is 16.0 Å². The highest BCUT2D eigenvalue weighted by atomic mass is 19.1. The molecule has 7 heteroatoms. The van der Waals surface area contributed by atoms with E-state index >= 15 is 0 Å². The summed E-state index contributed by atoms with van der Waals surface area (Å²) < 4.78 is 26.9.